The maximum absolute atomic E-state index is 12.7. The third kappa shape index (κ3) is 3.97. The Bertz CT molecular complexity index is 747. The first-order valence-electron chi connectivity index (χ1n) is 8.40. The molecule has 5 heteroatoms. The third-order valence-corrected chi connectivity index (χ3v) is 6.51. The molecule has 0 aliphatic carbocycles. The Morgan fingerprint density at radius 1 is 0.958 bits per heavy atom. The van der Waals surface area contributed by atoms with Crippen LogP contribution in [0, 0.1) is 0 Å². The van der Waals surface area contributed by atoms with Gasteiger partial charge in [-0.05, 0) is 31.0 Å². The largest absolute Gasteiger partial charge is 0.369 e. The van der Waals surface area contributed by atoms with E-state index in [0.717, 1.165) is 24.3 Å². The van der Waals surface area contributed by atoms with Crippen LogP contribution in [-0.2, 0) is 16.4 Å². The highest BCUT2D eigenvalue weighted by Crippen LogP contribution is 2.21. The van der Waals surface area contributed by atoms with E-state index < -0.39 is 10.0 Å². The third-order valence-electron chi connectivity index (χ3n) is 4.54. The van der Waals surface area contributed by atoms with E-state index in [1.54, 1.807) is 4.31 Å². The van der Waals surface area contributed by atoms with Gasteiger partial charge in [-0.15, -0.1) is 0 Å². The summed E-state index contributed by atoms with van der Waals surface area (Å²) in [7, 11) is -3.23. The van der Waals surface area contributed by atoms with E-state index >= 15 is 0 Å². The van der Waals surface area contributed by atoms with Crippen LogP contribution in [-0.4, -0.2) is 44.2 Å². The highest BCUT2D eigenvalue weighted by atomic mass is 32.2. The van der Waals surface area contributed by atoms with Crippen molar-refractivity contribution in [1.29, 1.82) is 0 Å². The number of sulfonamides is 1. The first-order chi connectivity index (χ1) is 11.6. The topological polar surface area (TPSA) is 40.6 Å². The fourth-order valence-corrected chi connectivity index (χ4v) is 4.94. The van der Waals surface area contributed by atoms with Gasteiger partial charge in [-0.1, -0.05) is 48.5 Å². The molecule has 128 valence electrons. The highest BCUT2D eigenvalue weighted by Gasteiger charge is 2.32. The Kier molecular flexibility index (Phi) is 5.21. The molecule has 1 saturated heterocycles. The van der Waals surface area contributed by atoms with Crippen molar-refractivity contribution >= 4 is 15.7 Å². The zero-order valence-corrected chi connectivity index (χ0v) is 14.8. The SMILES string of the molecule is CC1CN(c2ccccc2)CCN1S(=O)(=O)CCc1ccccc1. The van der Waals surface area contributed by atoms with Gasteiger partial charge in [0.1, 0.15) is 0 Å². The van der Waals surface area contributed by atoms with Gasteiger partial charge >= 0.3 is 0 Å². The van der Waals surface area contributed by atoms with Crippen LogP contribution >= 0.6 is 0 Å². The lowest BCUT2D eigenvalue weighted by molar-refractivity contribution is 0.307. The minimum Gasteiger partial charge on any atom is -0.369 e. The van der Waals surface area contributed by atoms with E-state index in [9.17, 15) is 8.42 Å². The van der Waals surface area contributed by atoms with Crippen molar-refractivity contribution in [1.82, 2.24) is 4.31 Å². The van der Waals surface area contributed by atoms with Crippen LogP contribution in [0.25, 0.3) is 0 Å². The molecule has 0 radical (unpaired) electrons. The molecule has 0 aromatic heterocycles. The molecule has 24 heavy (non-hydrogen) atoms. The van der Waals surface area contributed by atoms with Gasteiger partial charge in [0.2, 0.25) is 10.0 Å². The zero-order valence-electron chi connectivity index (χ0n) is 14.0. The molecule has 0 amide bonds. The van der Waals surface area contributed by atoms with Crippen molar-refractivity contribution in [2.45, 2.75) is 19.4 Å². The Morgan fingerprint density at radius 2 is 1.58 bits per heavy atom. The molecule has 0 N–H and O–H groups in total. The molecule has 1 atom stereocenters. The average Bonchev–Trinajstić information content (AvgIpc) is 2.61. The predicted octanol–water partition coefficient (Wildman–Crippen LogP) is 2.77. The van der Waals surface area contributed by atoms with Gasteiger partial charge in [0.15, 0.2) is 0 Å². The number of piperazine rings is 1. The minimum absolute atomic E-state index is 0.0141. The highest BCUT2D eigenvalue weighted by molar-refractivity contribution is 7.89. The summed E-state index contributed by atoms with van der Waals surface area (Å²) in [6.45, 7) is 4.01. The Hall–Kier alpha value is -1.85. The Balaban J connectivity index is 1.63. The Labute approximate surface area is 144 Å². The lowest BCUT2D eigenvalue weighted by atomic mass is 10.2. The van der Waals surface area contributed by atoms with Crippen LogP contribution in [0.1, 0.15) is 12.5 Å². The number of rotatable bonds is 5. The number of aryl methyl sites for hydroxylation is 1. The predicted molar refractivity (Wildman–Crippen MR) is 98.8 cm³/mol. The van der Waals surface area contributed by atoms with Crippen LogP contribution in [0.2, 0.25) is 0 Å². The normalized spacial score (nSPS) is 19.4. The van der Waals surface area contributed by atoms with Crippen molar-refractivity contribution < 1.29 is 8.42 Å². The van der Waals surface area contributed by atoms with Gasteiger partial charge in [-0.2, -0.15) is 4.31 Å². The molecule has 2 aromatic carbocycles. The van der Waals surface area contributed by atoms with Crippen molar-refractivity contribution in [2.24, 2.45) is 0 Å². The molecule has 4 nitrogen and oxygen atoms in total. The van der Waals surface area contributed by atoms with E-state index in [1.807, 2.05) is 55.5 Å². The monoisotopic (exact) mass is 344 g/mol. The number of benzene rings is 2. The number of para-hydroxylation sites is 1. The molecular formula is C19H24N2O2S. The molecule has 1 aliphatic heterocycles. The molecule has 0 spiro atoms. The quantitative estimate of drug-likeness (QED) is 0.837. The number of anilines is 1. The number of hydrogen-bond acceptors (Lipinski definition) is 3. The first-order valence-corrected chi connectivity index (χ1v) is 10.0. The molecule has 2 aromatic rings. The summed E-state index contributed by atoms with van der Waals surface area (Å²) in [6.07, 6.45) is 0.564. The summed E-state index contributed by atoms with van der Waals surface area (Å²) in [6, 6.07) is 20.0. The first kappa shape index (κ1) is 17.0. The fourth-order valence-electron chi connectivity index (χ4n) is 3.24. The van der Waals surface area contributed by atoms with Crippen LogP contribution in [0.3, 0.4) is 0 Å². The second-order valence-corrected chi connectivity index (χ2v) is 8.33. The molecule has 3 rings (SSSR count). The summed E-state index contributed by atoms with van der Waals surface area (Å²) >= 11 is 0. The molecular weight excluding hydrogens is 320 g/mol. The van der Waals surface area contributed by atoms with Gasteiger partial charge in [-0.3, -0.25) is 0 Å². The standard InChI is InChI=1S/C19H24N2O2S/c1-17-16-20(19-10-6-3-7-11-19)13-14-21(17)24(22,23)15-12-18-8-4-2-5-9-18/h2-11,17H,12-16H2,1H3. The van der Waals surface area contributed by atoms with Gasteiger partial charge in [0, 0.05) is 31.4 Å². The lowest BCUT2D eigenvalue weighted by Crippen LogP contribution is -2.54. The smallest absolute Gasteiger partial charge is 0.214 e. The Morgan fingerprint density at radius 3 is 2.21 bits per heavy atom. The van der Waals surface area contributed by atoms with Crippen molar-refractivity contribution in [3.05, 3.63) is 66.2 Å². The van der Waals surface area contributed by atoms with Gasteiger partial charge in [0.25, 0.3) is 0 Å². The molecule has 1 aliphatic rings. The number of nitrogens with zero attached hydrogens (tertiary/aromatic N) is 2. The average molecular weight is 344 g/mol. The molecule has 0 saturated carbocycles. The second-order valence-electron chi connectivity index (χ2n) is 6.29. The molecule has 1 unspecified atom stereocenters. The van der Waals surface area contributed by atoms with Crippen LogP contribution < -0.4 is 4.90 Å². The van der Waals surface area contributed by atoms with Crippen molar-refractivity contribution in [3.63, 3.8) is 0 Å². The summed E-state index contributed by atoms with van der Waals surface area (Å²) in [5.74, 6) is 0.173. The molecule has 1 heterocycles. The van der Waals surface area contributed by atoms with Gasteiger partial charge in [0.05, 0.1) is 5.75 Å². The fraction of sp³-hybridized carbons (Fsp3) is 0.368. The second kappa shape index (κ2) is 7.36. The van der Waals surface area contributed by atoms with E-state index in [0.29, 0.717) is 13.0 Å². The maximum Gasteiger partial charge on any atom is 0.214 e. The zero-order chi connectivity index (χ0) is 17.0. The minimum atomic E-state index is -3.23. The van der Waals surface area contributed by atoms with Crippen LogP contribution in [0.5, 0.6) is 0 Å². The van der Waals surface area contributed by atoms with Crippen molar-refractivity contribution in [2.75, 3.05) is 30.3 Å². The maximum atomic E-state index is 12.7. The summed E-state index contributed by atoms with van der Waals surface area (Å²) < 4.78 is 27.1. The molecule has 1 fully saturated rings. The van der Waals surface area contributed by atoms with Crippen LogP contribution in [0.15, 0.2) is 60.7 Å². The van der Waals surface area contributed by atoms with E-state index in [4.69, 9.17) is 0 Å². The van der Waals surface area contributed by atoms with E-state index in [1.165, 1.54) is 0 Å². The lowest BCUT2D eigenvalue weighted by Gasteiger charge is -2.40. The summed E-state index contributed by atoms with van der Waals surface area (Å²) in [5.41, 5.74) is 2.22. The van der Waals surface area contributed by atoms with E-state index in [2.05, 4.69) is 17.0 Å². The summed E-state index contributed by atoms with van der Waals surface area (Å²) in [5, 5.41) is 0. The van der Waals surface area contributed by atoms with Gasteiger partial charge < -0.3 is 4.90 Å². The van der Waals surface area contributed by atoms with E-state index in [-0.39, 0.29) is 11.8 Å². The van der Waals surface area contributed by atoms with Gasteiger partial charge in [-0.25, -0.2) is 8.42 Å². The van der Waals surface area contributed by atoms with Crippen molar-refractivity contribution in [3.8, 4) is 0 Å². The number of hydrogen-bond donors (Lipinski definition) is 0. The molecule has 0 bridgehead atoms. The van der Waals surface area contributed by atoms with Crippen LogP contribution in [0.4, 0.5) is 5.69 Å². The summed E-state index contributed by atoms with van der Waals surface area (Å²) in [4.78, 5) is 2.26.